The summed E-state index contributed by atoms with van der Waals surface area (Å²) in [4.78, 5) is 3.91. The first-order valence-corrected chi connectivity index (χ1v) is 3.89. The summed E-state index contributed by atoms with van der Waals surface area (Å²) in [6.07, 6.45) is 0. The van der Waals surface area contributed by atoms with Gasteiger partial charge in [0.2, 0.25) is 11.9 Å². The zero-order valence-corrected chi connectivity index (χ0v) is 7.68. The van der Waals surface area contributed by atoms with Gasteiger partial charge in [-0.25, -0.2) is 5.10 Å². The molecule has 0 unspecified atom stereocenters. The van der Waals surface area contributed by atoms with Crippen LogP contribution in [0.2, 0.25) is 0 Å². The van der Waals surface area contributed by atoms with Crippen LogP contribution in [0, 0.1) is 5.41 Å². The highest BCUT2D eigenvalue weighted by Crippen LogP contribution is 2.13. The topological polar surface area (TPSA) is 79.6 Å². The monoisotopic (exact) mass is 169 g/mol. The number of anilines is 2. The molecule has 0 amide bonds. The van der Waals surface area contributed by atoms with E-state index < -0.39 is 0 Å². The van der Waals surface area contributed by atoms with Crippen molar-refractivity contribution in [3.8, 4) is 0 Å². The van der Waals surface area contributed by atoms with Gasteiger partial charge in [0.05, 0.1) is 0 Å². The molecule has 0 fully saturated rings. The maximum Gasteiger partial charge on any atom is 0.243 e. The lowest BCUT2D eigenvalue weighted by molar-refractivity contribution is 0.442. The van der Waals surface area contributed by atoms with Gasteiger partial charge in [0.15, 0.2) is 0 Å². The second-order valence-electron chi connectivity index (χ2n) is 3.96. The van der Waals surface area contributed by atoms with Gasteiger partial charge in [-0.05, 0) is 5.41 Å². The number of nitrogens with zero attached hydrogens (tertiary/aromatic N) is 2. The molecule has 1 rings (SSSR count). The van der Waals surface area contributed by atoms with Crippen molar-refractivity contribution in [2.45, 2.75) is 20.8 Å². The standard InChI is InChI=1S/C7H15N5/c1-7(2,3)4-9-6-10-5(8)11-12-6/h4H2,1-3H3,(H4,8,9,10,11,12). The first-order valence-electron chi connectivity index (χ1n) is 3.89. The molecule has 68 valence electrons. The summed E-state index contributed by atoms with van der Waals surface area (Å²) < 4.78 is 0. The molecule has 0 spiro atoms. The molecule has 0 aliphatic rings. The van der Waals surface area contributed by atoms with Crippen LogP contribution < -0.4 is 11.1 Å². The van der Waals surface area contributed by atoms with Gasteiger partial charge in [0, 0.05) is 6.54 Å². The zero-order valence-electron chi connectivity index (χ0n) is 7.68. The van der Waals surface area contributed by atoms with Crippen LogP contribution in [-0.4, -0.2) is 21.7 Å². The molecular weight excluding hydrogens is 154 g/mol. The SMILES string of the molecule is CC(C)(C)CNc1n[nH]c(N)n1. The van der Waals surface area contributed by atoms with Crippen LogP contribution in [0.1, 0.15) is 20.8 Å². The Bertz CT molecular complexity index is 247. The quantitative estimate of drug-likeness (QED) is 0.613. The largest absolute Gasteiger partial charge is 0.368 e. The average molecular weight is 169 g/mol. The van der Waals surface area contributed by atoms with Crippen molar-refractivity contribution in [1.82, 2.24) is 15.2 Å². The third kappa shape index (κ3) is 2.77. The minimum atomic E-state index is 0.218. The molecule has 12 heavy (non-hydrogen) atoms. The van der Waals surface area contributed by atoms with Crippen LogP contribution >= 0.6 is 0 Å². The molecule has 0 aromatic carbocycles. The Labute approximate surface area is 71.8 Å². The van der Waals surface area contributed by atoms with Crippen LogP contribution in [-0.2, 0) is 0 Å². The van der Waals surface area contributed by atoms with Crippen LogP contribution in [0.3, 0.4) is 0 Å². The predicted molar refractivity (Wildman–Crippen MR) is 48.7 cm³/mol. The van der Waals surface area contributed by atoms with E-state index in [1.54, 1.807) is 0 Å². The van der Waals surface area contributed by atoms with Crippen molar-refractivity contribution in [2.24, 2.45) is 5.41 Å². The van der Waals surface area contributed by atoms with E-state index in [-0.39, 0.29) is 5.41 Å². The van der Waals surface area contributed by atoms with Gasteiger partial charge in [-0.3, -0.25) is 0 Å². The average Bonchev–Trinajstić information content (AvgIpc) is 2.30. The van der Waals surface area contributed by atoms with Crippen LogP contribution in [0.4, 0.5) is 11.9 Å². The fourth-order valence-corrected chi connectivity index (χ4v) is 0.698. The van der Waals surface area contributed by atoms with E-state index in [1.807, 2.05) is 0 Å². The second kappa shape index (κ2) is 3.00. The number of nitrogen functional groups attached to an aromatic ring is 1. The molecule has 5 heteroatoms. The van der Waals surface area contributed by atoms with Gasteiger partial charge in [-0.1, -0.05) is 20.8 Å². The zero-order chi connectivity index (χ0) is 9.19. The maximum absolute atomic E-state index is 5.35. The third-order valence-corrected chi connectivity index (χ3v) is 1.28. The normalized spacial score (nSPS) is 11.6. The minimum Gasteiger partial charge on any atom is -0.368 e. The van der Waals surface area contributed by atoms with Gasteiger partial charge < -0.3 is 11.1 Å². The fraction of sp³-hybridized carbons (Fsp3) is 0.714. The molecule has 0 aliphatic heterocycles. The first-order chi connectivity index (χ1) is 5.47. The van der Waals surface area contributed by atoms with Gasteiger partial charge in [-0.2, -0.15) is 4.98 Å². The number of nitrogens with one attached hydrogen (secondary N) is 2. The lowest BCUT2D eigenvalue weighted by Gasteiger charge is -2.17. The third-order valence-electron chi connectivity index (χ3n) is 1.28. The molecule has 0 bridgehead atoms. The fourth-order valence-electron chi connectivity index (χ4n) is 0.698. The van der Waals surface area contributed by atoms with Crippen LogP contribution in [0.5, 0.6) is 0 Å². The molecular formula is C7H15N5. The van der Waals surface area contributed by atoms with Crippen molar-refractivity contribution in [1.29, 1.82) is 0 Å². The minimum absolute atomic E-state index is 0.218. The van der Waals surface area contributed by atoms with Crippen molar-refractivity contribution in [2.75, 3.05) is 17.6 Å². The number of H-pyrrole nitrogens is 1. The van der Waals surface area contributed by atoms with Gasteiger partial charge in [0.25, 0.3) is 0 Å². The molecule has 0 saturated carbocycles. The molecule has 1 aromatic heterocycles. The summed E-state index contributed by atoms with van der Waals surface area (Å²) >= 11 is 0. The Morgan fingerprint density at radius 2 is 2.17 bits per heavy atom. The van der Waals surface area contributed by atoms with Crippen molar-refractivity contribution >= 4 is 11.9 Å². The summed E-state index contributed by atoms with van der Waals surface area (Å²) in [6.45, 7) is 7.23. The van der Waals surface area contributed by atoms with E-state index in [9.17, 15) is 0 Å². The van der Waals surface area contributed by atoms with E-state index in [1.165, 1.54) is 0 Å². The Hall–Kier alpha value is -1.26. The van der Waals surface area contributed by atoms with E-state index in [4.69, 9.17) is 5.73 Å². The van der Waals surface area contributed by atoms with Crippen LogP contribution in [0.25, 0.3) is 0 Å². The van der Waals surface area contributed by atoms with Gasteiger partial charge >= 0.3 is 0 Å². The molecule has 4 N–H and O–H groups in total. The number of aromatic amines is 1. The molecule has 0 atom stereocenters. The number of hydrogen-bond donors (Lipinski definition) is 3. The number of hydrogen-bond acceptors (Lipinski definition) is 4. The van der Waals surface area contributed by atoms with E-state index in [2.05, 4.69) is 41.3 Å². The number of aromatic nitrogens is 3. The molecule has 0 radical (unpaired) electrons. The lowest BCUT2D eigenvalue weighted by atomic mass is 9.97. The Balaban J connectivity index is 2.44. The second-order valence-corrected chi connectivity index (χ2v) is 3.96. The van der Waals surface area contributed by atoms with Crippen LogP contribution in [0.15, 0.2) is 0 Å². The maximum atomic E-state index is 5.35. The Morgan fingerprint density at radius 1 is 1.50 bits per heavy atom. The van der Waals surface area contributed by atoms with E-state index >= 15 is 0 Å². The van der Waals surface area contributed by atoms with Gasteiger partial charge in [0.1, 0.15) is 0 Å². The highest BCUT2D eigenvalue weighted by Gasteiger charge is 2.10. The van der Waals surface area contributed by atoms with Gasteiger partial charge in [-0.15, -0.1) is 5.10 Å². The number of rotatable bonds is 2. The Morgan fingerprint density at radius 3 is 2.58 bits per heavy atom. The molecule has 1 aromatic rings. The van der Waals surface area contributed by atoms with E-state index in [0.29, 0.717) is 11.9 Å². The smallest absolute Gasteiger partial charge is 0.243 e. The van der Waals surface area contributed by atoms with Crippen molar-refractivity contribution in [3.05, 3.63) is 0 Å². The van der Waals surface area contributed by atoms with Crippen molar-refractivity contribution < 1.29 is 0 Å². The summed E-state index contributed by atoms with van der Waals surface area (Å²) in [7, 11) is 0. The molecule has 0 saturated heterocycles. The first kappa shape index (κ1) is 8.83. The lowest BCUT2D eigenvalue weighted by Crippen LogP contribution is -2.19. The highest BCUT2D eigenvalue weighted by atomic mass is 15.3. The molecule has 0 aliphatic carbocycles. The summed E-state index contributed by atoms with van der Waals surface area (Å²) in [6, 6.07) is 0. The molecule has 1 heterocycles. The van der Waals surface area contributed by atoms with E-state index in [0.717, 1.165) is 6.54 Å². The number of nitrogens with two attached hydrogens (primary N) is 1. The Kier molecular flexibility index (Phi) is 2.21. The summed E-state index contributed by atoms with van der Waals surface area (Å²) in [5, 5.41) is 9.48. The summed E-state index contributed by atoms with van der Waals surface area (Å²) in [5.41, 5.74) is 5.57. The summed E-state index contributed by atoms with van der Waals surface area (Å²) in [5.74, 6) is 0.897. The van der Waals surface area contributed by atoms with Crippen molar-refractivity contribution in [3.63, 3.8) is 0 Å². The predicted octanol–water partition coefficient (Wildman–Crippen LogP) is 0.845. The highest BCUT2D eigenvalue weighted by molar-refractivity contribution is 5.29. The molecule has 5 nitrogen and oxygen atoms in total.